The number of benzene rings is 2. The van der Waals surface area contributed by atoms with E-state index in [1.807, 2.05) is 0 Å². The Morgan fingerprint density at radius 2 is 1.82 bits per heavy atom. The van der Waals surface area contributed by atoms with E-state index in [0.717, 1.165) is 6.07 Å². The number of tetrazole rings is 1. The number of ether oxygens (including phenoxy) is 1. The highest BCUT2D eigenvalue weighted by atomic mass is 32.2. The summed E-state index contributed by atoms with van der Waals surface area (Å²) >= 11 is 0. The third kappa shape index (κ3) is 5.21. The molecule has 0 radical (unpaired) electrons. The van der Waals surface area contributed by atoms with Crippen molar-refractivity contribution in [1.29, 1.82) is 0 Å². The predicted octanol–water partition coefficient (Wildman–Crippen LogP) is -0.412. The number of carbonyl (C=O) groups excluding carboxylic acids is 2. The maximum atomic E-state index is 13.1. The molecule has 6 N–H and O–H groups in total. The maximum absolute atomic E-state index is 13.1. The second kappa shape index (κ2) is 9.42. The van der Waals surface area contributed by atoms with Crippen molar-refractivity contribution in [2.75, 3.05) is 5.75 Å². The van der Waals surface area contributed by atoms with Gasteiger partial charge >= 0.3 is 12.1 Å². The zero-order valence-corrected chi connectivity index (χ0v) is 20.3. The lowest BCUT2D eigenvalue weighted by Crippen LogP contribution is -2.39. The van der Waals surface area contributed by atoms with Gasteiger partial charge in [-0.3, -0.25) is 10.5 Å². The van der Waals surface area contributed by atoms with Gasteiger partial charge in [-0.2, -0.15) is 13.2 Å². The monoisotopic (exact) mass is 575 g/mol. The number of carbonyl (C=O) groups is 2. The molecule has 0 fully saturated rings. The van der Waals surface area contributed by atoms with Crippen molar-refractivity contribution >= 4 is 31.7 Å². The second-order valence-electron chi connectivity index (χ2n) is 7.89. The molecular weight excluding hydrogens is 559 g/mol. The number of esters is 1. The van der Waals surface area contributed by atoms with E-state index in [-0.39, 0.29) is 29.4 Å². The number of alkyl halides is 3. The van der Waals surface area contributed by atoms with Gasteiger partial charge in [-0.25, -0.2) is 31.9 Å². The van der Waals surface area contributed by atoms with Crippen LogP contribution in [0.2, 0.25) is 0 Å². The number of halogens is 3. The Morgan fingerprint density at radius 1 is 1.13 bits per heavy atom. The quantitative estimate of drug-likeness (QED) is 0.209. The van der Waals surface area contributed by atoms with Gasteiger partial charge in [-0.05, 0) is 45.3 Å². The maximum Gasteiger partial charge on any atom is 0.490 e. The van der Waals surface area contributed by atoms with E-state index in [2.05, 4.69) is 30.7 Å². The number of fused-ring (bicyclic) bond motifs is 1. The van der Waals surface area contributed by atoms with Crippen molar-refractivity contribution in [3.63, 3.8) is 0 Å². The molecule has 2 heterocycles. The van der Waals surface area contributed by atoms with Crippen LogP contribution in [0.15, 0.2) is 40.1 Å². The molecule has 4 rings (SSSR count). The number of nitrogens with two attached hydrogens (primary N) is 2. The number of nitrogens with zero attached hydrogens (tertiary/aromatic N) is 3. The van der Waals surface area contributed by atoms with Gasteiger partial charge in [0.15, 0.2) is 21.9 Å². The van der Waals surface area contributed by atoms with E-state index in [4.69, 9.17) is 10.9 Å². The van der Waals surface area contributed by atoms with Gasteiger partial charge in [0.2, 0.25) is 10.0 Å². The summed E-state index contributed by atoms with van der Waals surface area (Å²) in [5.74, 6) is -4.79. The average molecular weight is 576 g/mol. The largest absolute Gasteiger partial charge is 0.490 e. The summed E-state index contributed by atoms with van der Waals surface area (Å²) < 4.78 is 93.1. The van der Waals surface area contributed by atoms with Crippen LogP contribution < -0.4 is 16.2 Å². The first-order chi connectivity index (χ1) is 17.6. The number of sulfonamides is 1. The molecule has 0 spiro atoms. The molecule has 202 valence electrons. The first kappa shape index (κ1) is 27.1. The molecule has 0 saturated carbocycles. The van der Waals surface area contributed by atoms with Crippen molar-refractivity contribution in [2.24, 2.45) is 10.9 Å². The lowest BCUT2D eigenvalue weighted by molar-refractivity contribution is -0.203. The molecule has 14 nitrogen and oxygen atoms in total. The third-order valence-corrected chi connectivity index (χ3v) is 8.20. The molecule has 1 aliphatic heterocycles. The van der Waals surface area contributed by atoms with Crippen molar-refractivity contribution in [1.82, 2.24) is 25.9 Å². The minimum Gasteiger partial charge on any atom is -0.439 e. The number of amides is 1. The van der Waals surface area contributed by atoms with Crippen LogP contribution in [0.25, 0.3) is 22.5 Å². The molecular formula is C19H16F3N7O7S2. The van der Waals surface area contributed by atoms with Crippen molar-refractivity contribution < 1.29 is 44.3 Å². The highest BCUT2D eigenvalue weighted by Crippen LogP contribution is 2.40. The van der Waals surface area contributed by atoms with Crippen molar-refractivity contribution in [2.45, 2.75) is 28.7 Å². The topological polar surface area (TPSA) is 230 Å². The molecule has 1 amide bonds. The molecule has 38 heavy (non-hydrogen) atoms. The van der Waals surface area contributed by atoms with Gasteiger partial charge in [-0.15, -0.1) is 5.10 Å². The summed E-state index contributed by atoms with van der Waals surface area (Å²) in [5, 5.41) is 20.8. The minimum absolute atomic E-state index is 0.0847. The molecule has 0 saturated heterocycles. The zero-order chi connectivity index (χ0) is 28.0. The Balaban J connectivity index is 1.89. The Kier molecular flexibility index (Phi) is 6.72. The SMILES string of the molecule is NC(CS(=O)(=O)c1ccc(-c2ccc3c(c2)CNC3=O)c(-c2nnn[nH]2)c1S(N)(=O)=O)OC(=O)C(F)(F)F. The Hall–Kier alpha value is -3.94. The van der Waals surface area contributed by atoms with Crippen LogP contribution >= 0.6 is 0 Å². The summed E-state index contributed by atoms with van der Waals surface area (Å²) in [4.78, 5) is 21.0. The summed E-state index contributed by atoms with van der Waals surface area (Å²) in [6.45, 7) is 0.185. The second-order valence-corrected chi connectivity index (χ2v) is 11.4. The van der Waals surface area contributed by atoms with E-state index in [9.17, 15) is 39.6 Å². The van der Waals surface area contributed by atoms with Gasteiger partial charge in [0.25, 0.3) is 5.91 Å². The summed E-state index contributed by atoms with van der Waals surface area (Å²) in [7, 11) is -9.76. The van der Waals surface area contributed by atoms with Gasteiger partial charge in [0.05, 0.1) is 4.90 Å². The van der Waals surface area contributed by atoms with Gasteiger partial charge in [-0.1, -0.05) is 12.1 Å². The van der Waals surface area contributed by atoms with Gasteiger partial charge < -0.3 is 10.1 Å². The molecule has 1 unspecified atom stereocenters. The lowest BCUT2D eigenvalue weighted by atomic mass is 9.96. The third-order valence-electron chi connectivity index (χ3n) is 5.30. The van der Waals surface area contributed by atoms with Gasteiger partial charge in [0, 0.05) is 17.7 Å². The Bertz CT molecular complexity index is 1660. The number of nitrogens with one attached hydrogen (secondary N) is 2. The van der Waals surface area contributed by atoms with Crippen molar-refractivity contribution in [3.05, 3.63) is 41.5 Å². The smallest absolute Gasteiger partial charge is 0.439 e. The number of rotatable bonds is 7. The van der Waals surface area contributed by atoms with Crippen LogP contribution in [-0.4, -0.2) is 67.5 Å². The molecule has 19 heteroatoms. The Morgan fingerprint density at radius 3 is 2.42 bits per heavy atom. The number of hydrogen-bond acceptors (Lipinski definition) is 11. The highest BCUT2D eigenvalue weighted by molar-refractivity contribution is 7.93. The van der Waals surface area contributed by atoms with E-state index >= 15 is 0 Å². The molecule has 1 atom stereocenters. The van der Waals surface area contributed by atoms with E-state index < -0.39 is 53.8 Å². The fourth-order valence-corrected chi connectivity index (χ4v) is 6.68. The minimum atomic E-state index is -5.45. The number of primary sulfonamides is 1. The fourth-order valence-electron chi connectivity index (χ4n) is 3.78. The number of aromatic amines is 1. The lowest BCUT2D eigenvalue weighted by Gasteiger charge is -2.19. The predicted molar refractivity (Wildman–Crippen MR) is 120 cm³/mol. The summed E-state index contributed by atoms with van der Waals surface area (Å²) in [6.07, 6.45) is -7.75. The van der Waals surface area contributed by atoms with Gasteiger partial charge in [0.1, 0.15) is 10.6 Å². The molecule has 2 aromatic carbocycles. The van der Waals surface area contributed by atoms with Crippen LogP contribution in [0.1, 0.15) is 15.9 Å². The zero-order valence-electron chi connectivity index (χ0n) is 18.7. The average Bonchev–Trinajstić information content (AvgIpc) is 3.46. The van der Waals surface area contributed by atoms with E-state index in [0.29, 0.717) is 16.7 Å². The first-order valence-electron chi connectivity index (χ1n) is 10.2. The van der Waals surface area contributed by atoms with E-state index in [1.165, 1.54) is 18.2 Å². The van der Waals surface area contributed by atoms with Crippen LogP contribution in [-0.2, 0) is 35.9 Å². The van der Waals surface area contributed by atoms with Crippen LogP contribution in [0.4, 0.5) is 13.2 Å². The van der Waals surface area contributed by atoms with Crippen LogP contribution in [0, 0.1) is 0 Å². The van der Waals surface area contributed by atoms with Crippen LogP contribution in [0.5, 0.6) is 0 Å². The summed E-state index contributed by atoms with van der Waals surface area (Å²) in [6, 6.07) is 6.55. The number of hydrogen-bond donors (Lipinski definition) is 4. The normalized spacial score (nSPS) is 14.6. The standard InChI is InChI=1S/C19H16F3N7O7S2/c20-19(21,22)18(31)36-13(23)7-37(32,33)12-4-3-10(8-1-2-11-9(5-8)6-25-17(11)30)14(15(12)38(24,34)35)16-26-28-29-27-16/h1-5,13H,6-7,23H2,(H,25,30)(H2,24,34,35)(H,26,27,28,29). The highest BCUT2D eigenvalue weighted by Gasteiger charge is 2.43. The van der Waals surface area contributed by atoms with E-state index in [1.54, 1.807) is 6.07 Å². The first-order valence-corrected chi connectivity index (χ1v) is 13.4. The number of aromatic nitrogens is 4. The summed E-state index contributed by atoms with van der Waals surface area (Å²) in [5.41, 5.74) is 6.28. The van der Waals surface area contributed by atoms with Crippen molar-refractivity contribution in [3.8, 4) is 22.5 Å². The molecule has 3 aromatic rings. The molecule has 0 aliphatic carbocycles. The molecule has 1 aromatic heterocycles. The Labute approximate surface area is 211 Å². The number of H-pyrrole nitrogens is 1. The molecule has 0 bridgehead atoms. The van der Waals surface area contributed by atoms with Crippen LogP contribution in [0.3, 0.4) is 0 Å². The molecule has 1 aliphatic rings. The number of sulfone groups is 1. The fraction of sp³-hybridized carbons (Fsp3) is 0.211.